The Bertz CT molecular complexity index is 912. The maximum atomic E-state index is 12.4. The lowest BCUT2D eigenvalue weighted by Crippen LogP contribution is -2.45. The lowest BCUT2D eigenvalue weighted by atomic mass is 10.2. The third-order valence-electron chi connectivity index (χ3n) is 4.24. The highest BCUT2D eigenvalue weighted by Gasteiger charge is 2.25. The van der Waals surface area contributed by atoms with E-state index in [2.05, 4.69) is 25.6 Å². The SMILES string of the molecule is NCC1CNCC(n2cnc3c(NC(=O)c4ccccc4)ncnc32)O1. The third kappa shape index (κ3) is 3.15. The van der Waals surface area contributed by atoms with Crippen LogP contribution in [-0.2, 0) is 4.74 Å². The molecule has 1 amide bonds. The summed E-state index contributed by atoms with van der Waals surface area (Å²) in [4.78, 5) is 25.2. The summed E-state index contributed by atoms with van der Waals surface area (Å²) in [5.74, 6) is 0.112. The monoisotopic (exact) mass is 353 g/mol. The Morgan fingerprint density at radius 2 is 2.12 bits per heavy atom. The molecule has 0 radical (unpaired) electrons. The van der Waals surface area contributed by atoms with E-state index in [1.807, 2.05) is 10.6 Å². The van der Waals surface area contributed by atoms with Crippen molar-refractivity contribution in [3.8, 4) is 0 Å². The Morgan fingerprint density at radius 3 is 2.92 bits per heavy atom. The molecule has 1 saturated heterocycles. The van der Waals surface area contributed by atoms with Gasteiger partial charge in [-0.25, -0.2) is 15.0 Å². The minimum Gasteiger partial charge on any atom is -0.351 e. The second-order valence-electron chi connectivity index (χ2n) is 5.97. The van der Waals surface area contributed by atoms with Gasteiger partial charge in [-0.2, -0.15) is 0 Å². The molecule has 4 N–H and O–H groups in total. The summed E-state index contributed by atoms with van der Waals surface area (Å²) in [6.07, 6.45) is 2.71. The molecule has 2 atom stereocenters. The molecule has 1 aromatic carbocycles. The summed E-state index contributed by atoms with van der Waals surface area (Å²) in [7, 11) is 0. The minimum absolute atomic E-state index is 0.0645. The van der Waals surface area contributed by atoms with Crippen LogP contribution in [0.4, 0.5) is 5.82 Å². The molecule has 0 bridgehead atoms. The molecule has 2 unspecified atom stereocenters. The number of anilines is 1. The molecular weight excluding hydrogens is 334 g/mol. The van der Waals surface area contributed by atoms with Crippen LogP contribution >= 0.6 is 0 Å². The van der Waals surface area contributed by atoms with E-state index in [1.54, 1.807) is 30.6 Å². The van der Waals surface area contributed by atoms with Gasteiger partial charge in [-0.15, -0.1) is 0 Å². The van der Waals surface area contributed by atoms with Crippen molar-refractivity contribution in [2.45, 2.75) is 12.3 Å². The van der Waals surface area contributed by atoms with Crippen molar-refractivity contribution in [2.75, 3.05) is 25.0 Å². The van der Waals surface area contributed by atoms with Crippen molar-refractivity contribution in [2.24, 2.45) is 5.73 Å². The minimum atomic E-state index is -0.269. The summed E-state index contributed by atoms with van der Waals surface area (Å²) >= 11 is 0. The van der Waals surface area contributed by atoms with Crippen molar-refractivity contribution in [3.63, 3.8) is 0 Å². The van der Waals surface area contributed by atoms with Crippen LogP contribution in [-0.4, -0.2) is 51.2 Å². The van der Waals surface area contributed by atoms with Crippen LogP contribution < -0.4 is 16.4 Å². The topological polar surface area (TPSA) is 120 Å². The molecule has 0 saturated carbocycles. The number of ether oxygens (including phenoxy) is 1. The Morgan fingerprint density at radius 1 is 1.27 bits per heavy atom. The van der Waals surface area contributed by atoms with E-state index >= 15 is 0 Å². The molecule has 3 heterocycles. The Balaban J connectivity index is 1.62. The van der Waals surface area contributed by atoms with Gasteiger partial charge in [-0.3, -0.25) is 9.36 Å². The largest absolute Gasteiger partial charge is 0.351 e. The second-order valence-corrected chi connectivity index (χ2v) is 5.97. The van der Waals surface area contributed by atoms with Crippen LogP contribution in [0.25, 0.3) is 11.2 Å². The van der Waals surface area contributed by atoms with Crippen LogP contribution in [0.3, 0.4) is 0 Å². The van der Waals surface area contributed by atoms with E-state index in [0.29, 0.717) is 42.2 Å². The van der Waals surface area contributed by atoms with Crippen molar-refractivity contribution in [1.29, 1.82) is 0 Å². The van der Waals surface area contributed by atoms with Crippen LogP contribution in [0.2, 0.25) is 0 Å². The van der Waals surface area contributed by atoms with Crippen LogP contribution in [0.5, 0.6) is 0 Å². The van der Waals surface area contributed by atoms with Gasteiger partial charge in [0.25, 0.3) is 5.91 Å². The highest BCUT2D eigenvalue weighted by molar-refractivity contribution is 6.06. The number of hydrogen-bond donors (Lipinski definition) is 3. The summed E-state index contributed by atoms with van der Waals surface area (Å²) < 4.78 is 7.79. The summed E-state index contributed by atoms with van der Waals surface area (Å²) in [6.45, 7) is 1.77. The summed E-state index contributed by atoms with van der Waals surface area (Å²) in [5.41, 5.74) is 7.35. The molecule has 9 nitrogen and oxygen atoms in total. The first-order valence-electron chi connectivity index (χ1n) is 8.36. The van der Waals surface area contributed by atoms with Crippen LogP contribution in [0.15, 0.2) is 43.0 Å². The molecule has 26 heavy (non-hydrogen) atoms. The number of benzene rings is 1. The normalized spacial score (nSPS) is 20.2. The number of nitrogens with one attached hydrogen (secondary N) is 2. The van der Waals surface area contributed by atoms with Crippen molar-refractivity contribution in [3.05, 3.63) is 48.5 Å². The molecule has 2 aromatic heterocycles. The Hall–Kier alpha value is -2.88. The van der Waals surface area contributed by atoms with E-state index in [-0.39, 0.29) is 18.2 Å². The van der Waals surface area contributed by atoms with Gasteiger partial charge in [-0.05, 0) is 12.1 Å². The van der Waals surface area contributed by atoms with Crippen molar-refractivity contribution >= 4 is 22.9 Å². The maximum Gasteiger partial charge on any atom is 0.256 e. The quantitative estimate of drug-likeness (QED) is 0.625. The predicted molar refractivity (Wildman–Crippen MR) is 95.6 cm³/mol. The van der Waals surface area contributed by atoms with Gasteiger partial charge in [0.15, 0.2) is 17.0 Å². The van der Waals surface area contributed by atoms with E-state index in [1.165, 1.54) is 6.33 Å². The molecule has 3 aromatic rings. The lowest BCUT2D eigenvalue weighted by molar-refractivity contribution is -0.0704. The van der Waals surface area contributed by atoms with Gasteiger partial charge in [0, 0.05) is 25.2 Å². The number of hydrogen-bond acceptors (Lipinski definition) is 7. The van der Waals surface area contributed by atoms with Crippen LogP contribution in [0, 0.1) is 0 Å². The second kappa shape index (κ2) is 7.16. The predicted octanol–water partition coefficient (Wildman–Crippen LogP) is 0.524. The smallest absolute Gasteiger partial charge is 0.256 e. The molecular formula is C17H19N7O2. The molecule has 9 heteroatoms. The first kappa shape index (κ1) is 16.6. The maximum absolute atomic E-state index is 12.4. The number of amides is 1. The van der Waals surface area contributed by atoms with Crippen molar-refractivity contribution < 1.29 is 9.53 Å². The zero-order chi connectivity index (χ0) is 17.9. The zero-order valence-corrected chi connectivity index (χ0v) is 14.0. The van der Waals surface area contributed by atoms with E-state index in [4.69, 9.17) is 10.5 Å². The average molecular weight is 353 g/mol. The van der Waals surface area contributed by atoms with Gasteiger partial charge < -0.3 is 21.1 Å². The molecule has 1 aliphatic heterocycles. The molecule has 0 aliphatic carbocycles. The van der Waals surface area contributed by atoms with Gasteiger partial charge in [0.1, 0.15) is 12.6 Å². The molecule has 1 aliphatic rings. The number of morpholine rings is 1. The molecule has 0 spiro atoms. The van der Waals surface area contributed by atoms with Crippen molar-refractivity contribution in [1.82, 2.24) is 24.8 Å². The highest BCUT2D eigenvalue weighted by atomic mass is 16.5. The summed E-state index contributed by atoms with van der Waals surface area (Å²) in [6, 6.07) is 8.94. The zero-order valence-electron chi connectivity index (χ0n) is 14.0. The number of rotatable bonds is 4. The molecule has 134 valence electrons. The highest BCUT2D eigenvalue weighted by Crippen LogP contribution is 2.23. The number of imidazole rings is 1. The number of nitrogens with two attached hydrogens (primary N) is 1. The number of carbonyl (C=O) groups is 1. The molecule has 1 fully saturated rings. The number of nitrogens with zero attached hydrogens (tertiary/aromatic N) is 4. The first-order valence-corrected chi connectivity index (χ1v) is 8.36. The van der Waals surface area contributed by atoms with Crippen LogP contribution in [0.1, 0.15) is 16.6 Å². The fourth-order valence-corrected chi connectivity index (χ4v) is 2.91. The van der Waals surface area contributed by atoms with Gasteiger partial charge in [0.05, 0.1) is 12.4 Å². The Kier molecular flexibility index (Phi) is 4.57. The van der Waals surface area contributed by atoms with E-state index in [9.17, 15) is 4.79 Å². The van der Waals surface area contributed by atoms with Gasteiger partial charge in [-0.1, -0.05) is 18.2 Å². The lowest BCUT2D eigenvalue weighted by Gasteiger charge is -2.30. The number of carbonyl (C=O) groups excluding carboxylic acids is 1. The van der Waals surface area contributed by atoms with Gasteiger partial charge in [0.2, 0.25) is 0 Å². The first-order chi connectivity index (χ1) is 12.8. The third-order valence-corrected chi connectivity index (χ3v) is 4.24. The van der Waals surface area contributed by atoms with Gasteiger partial charge >= 0.3 is 0 Å². The van der Waals surface area contributed by atoms with E-state index in [0.717, 1.165) is 0 Å². The Labute approximate surface area is 149 Å². The fourth-order valence-electron chi connectivity index (χ4n) is 2.91. The number of aromatic nitrogens is 4. The number of fused-ring (bicyclic) bond motifs is 1. The summed E-state index contributed by atoms with van der Waals surface area (Å²) in [5, 5.41) is 6.09. The van der Waals surface area contributed by atoms with E-state index < -0.39 is 0 Å². The molecule has 4 rings (SSSR count). The standard InChI is InChI=1S/C17H19N7O2/c18-6-12-7-19-8-13(26-12)24-10-22-14-15(20-9-21-16(14)24)23-17(25)11-4-2-1-3-5-11/h1-5,9-10,12-13,19H,6-8,18H2,(H,20,21,23,25). The fraction of sp³-hybridized carbons (Fsp3) is 0.294. The average Bonchev–Trinajstić information content (AvgIpc) is 3.14.